The lowest BCUT2D eigenvalue weighted by atomic mass is 9.58. The summed E-state index contributed by atoms with van der Waals surface area (Å²) in [5.41, 5.74) is 47.5. The van der Waals surface area contributed by atoms with Gasteiger partial charge >= 0.3 is 0 Å². The quantitative estimate of drug-likeness (QED) is 0.162. The van der Waals surface area contributed by atoms with Crippen LogP contribution in [0.3, 0.4) is 0 Å². The molecule has 3 nitrogen and oxygen atoms in total. The monoisotopic (exact) mass is 887 g/mol. The smallest absolute Gasteiger partial charge is 0.143 e. The molecule has 29 heteroatoms. The largest absolute Gasteiger partial charge is 0.457 e. The molecule has 3 aromatic heterocycles. The zero-order valence-corrected chi connectivity index (χ0v) is 48.3. The third kappa shape index (κ3) is 6.16. The lowest BCUT2D eigenvalue weighted by Gasteiger charge is -2.28. The Morgan fingerprint density at radius 3 is 0.845 bits per heavy atom. The first-order chi connectivity index (χ1) is 33.2. The third-order valence-corrected chi connectivity index (χ3v) is 20.4. The molecule has 0 amide bonds. The van der Waals surface area contributed by atoms with Crippen molar-refractivity contribution in [1.82, 2.24) is 9.13 Å². The van der Waals surface area contributed by atoms with E-state index in [1.54, 1.807) is 0 Å². The zero-order chi connectivity index (χ0) is 52.1. The Bertz CT molecular complexity index is 4140. The normalized spacial score (nSPS) is 12.0. The molecule has 0 spiro atoms. The Morgan fingerprint density at radius 2 is 0.437 bits per heavy atom. The Labute approximate surface area is 444 Å². The van der Waals surface area contributed by atoms with Crippen LogP contribution in [0.25, 0.3) is 88.1 Å². The van der Waals surface area contributed by atoms with E-state index in [2.05, 4.69) is 213 Å². The second kappa shape index (κ2) is 16.6. The van der Waals surface area contributed by atoms with Crippen molar-refractivity contribution >= 4 is 412 Å². The Kier molecular flexibility index (Phi) is 11.7. The molecule has 7 aromatic carbocycles. The van der Waals surface area contributed by atoms with Crippen LogP contribution in [0.2, 0.25) is 0 Å². The summed E-state index contributed by atoms with van der Waals surface area (Å²) in [6, 6.07) is 0. The van der Waals surface area contributed by atoms with E-state index in [0.29, 0.717) is 0 Å². The van der Waals surface area contributed by atoms with Crippen LogP contribution in [0, 0.1) is 0 Å². The van der Waals surface area contributed by atoms with E-state index in [1.807, 2.05) is 0 Å². The van der Waals surface area contributed by atoms with E-state index >= 15 is 0 Å². The predicted molar refractivity (Wildman–Crippen MR) is 400 cm³/mol. The molecule has 3 heterocycles. The lowest BCUT2D eigenvalue weighted by Crippen LogP contribution is -2.55. The van der Waals surface area contributed by atoms with E-state index < -0.39 is 0 Å². The molecule has 71 heavy (non-hydrogen) atoms. The van der Waals surface area contributed by atoms with E-state index in [1.165, 1.54) is 219 Å². The van der Waals surface area contributed by atoms with E-state index in [9.17, 15) is 0 Å². The number of aromatic nitrogens is 2. The minimum absolute atomic E-state index is 0.998. The van der Waals surface area contributed by atoms with Gasteiger partial charge in [-0.2, -0.15) is 0 Å². The second-order valence-corrected chi connectivity index (χ2v) is 22.8. The second-order valence-electron chi connectivity index (χ2n) is 22.8. The van der Waals surface area contributed by atoms with Gasteiger partial charge in [0.2, 0.25) is 0 Å². The molecule has 0 aliphatic carbocycles. The highest BCUT2D eigenvalue weighted by molar-refractivity contribution is 6.75. The van der Waals surface area contributed by atoms with Gasteiger partial charge in [-0.3, -0.25) is 0 Å². The lowest BCUT2D eigenvalue weighted by molar-refractivity contribution is 0.674. The van der Waals surface area contributed by atoms with Gasteiger partial charge < -0.3 is 13.6 Å². The van der Waals surface area contributed by atoms with Crippen LogP contribution < -0.4 is 142 Å². The van der Waals surface area contributed by atoms with Crippen molar-refractivity contribution in [3.8, 4) is 22.5 Å². The molecular weight excluding hydrogens is 830 g/mol. The first-order valence-electron chi connectivity index (χ1n) is 26.2. The molecule has 10 aromatic rings. The summed E-state index contributed by atoms with van der Waals surface area (Å²) in [6.45, 7) is 0. The van der Waals surface area contributed by atoms with Gasteiger partial charge in [0, 0.05) is 38.5 Å². The van der Waals surface area contributed by atoms with E-state index in [0.717, 1.165) is 11.2 Å². The maximum absolute atomic E-state index is 7.38. The standard InChI is InChI=1S/C42H52B26N2O/c43-9-1(10(44)18(52)23(57)17(9)51)2-14(48)33(67)42-8(7-15(49)22(56)27(61)34(68)41(7)71-42)35(2)69-36-5(13(47)21(55)24(58)28(36)62)6-16(50)40(32(66)31(65)39(6)69)70-37-3(11(45)19(53)25(59)29(37)63)4-12(46)20(54)26(60)30(64)38(4)70/h43-68H2. The molecule has 0 fully saturated rings. The molecular formula is C42H52B26N2O. The number of furan rings is 1. The fraction of sp³-hybridized carbons (Fsp3) is 0. The van der Waals surface area contributed by atoms with Crippen molar-refractivity contribution in [2.45, 2.75) is 0 Å². The van der Waals surface area contributed by atoms with Crippen molar-refractivity contribution < 1.29 is 4.42 Å². The highest BCUT2D eigenvalue weighted by Crippen LogP contribution is 2.39. The van der Waals surface area contributed by atoms with E-state index in [4.69, 9.17) is 4.42 Å². The van der Waals surface area contributed by atoms with Gasteiger partial charge in [0.15, 0.2) is 0 Å². The third-order valence-electron chi connectivity index (χ3n) is 20.4. The number of hydrogen-bond donors (Lipinski definition) is 0. The van der Waals surface area contributed by atoms with Crippen LogP contribution in [-0.2, 0) is 0 Å². The van der Waals surface area contributed by atoms with Gasteiger partial charge in [0.1, 0.15) is 215 Å². The summed E-state index contributed by atoms with van der Waals surface area (Å²) in [6.07, 6.45) is 0. The van der Waals surface area contributed by atoms with Crippen LogP contribution in [0.5, 0.6) is 0 Å². The van der Waals surface area contributed by atoms with Crippen molar-refractivity contribution in [3.05, 3.63) is 0 Å². The molecule has 0 aliphatic rings. The van der Waals surface area contributed by atoms with Crippen molar-refractivity contribution in [2.24, 2.45) is 0 Å². The molecule has 0 saturated carbocycles. The summed E-state index contributed by atoms with van der Waals surface area (Å²) in [5, 5.41) is 7.98. The number of rotatable bonds is 3. The molecule has 0 radical (unpaired) electrons. The number of benzene rings is 7. The molecule has 0 atom stereocenters. The average Bonchev–Trinajstić information content (AvgIpc) is 4.03. The topological polar surface area (TPSA) is 23.0 Å². The number of fused-ring (bicyclic) bond motifs is 9. The van der Waals surface area contributed by atoms with Gasteiger partial charge in [-0.25, -0.2) is 0 Å². The maximum Gasteiger partial charge on any atom is 0.143 e. The predicted octanol–water partition coefficient (Wildman–Crippen LogP) is -33.8. The average molecular weight is 882 g/mol. The SMILES string of the molecule is Bc1c(B)c(B)c(-c2c(B)c(B)c3oc4c(B)c(B)c(B)c(B)c4c3c2-n2c3c(B)c(B)c(B)c(B)c3c3c(B)c(-n4c5c(B)c(B)c(B)c(B)c5c5c(B)c(B)c(B)c(B)c54)c(B)c(B)c32)c(B)c1B. The summed E-state index contributed by atoms with van der Waals surface area (Å²) >= 11 is 0. The minimum atomic E-state index is 0.998. The molecule has 10 rings (SSSR count). The minimum Gasteiger partial charge on any atom is -0.457 e. The van der Waals surface area contributed by atoms with Crippen molar-refractivity contribution in [2.75, 3.05) is 0 Å². The maximum atomic E-state index is 7.38. The summed E-state index contributed by atoms with van der Waals surface area (Å²) in [4.78, 5) is 0. The number of nitrogens with zero attached hydrogens (tertiary/aromatic N) is 2. The molecule has 314 valence electrons. The molecule has 0 aliphatic heterocycles. The summed E-state index contributed by atoms with van der Waals surface area (Å²) in [5.74, 6) is 0. The van der Waals surface area contributed by atoms with Crippen LogP contribution in [0.1, 0.15) is 0 Å². The summed E-state index contributed by atoms with van der Waals surface area (Å²) in [7, 11) is 61.2. The van der Waals surface area contributed by atoms with Gasteiger partial charge in [-0.05, 0) is 27.3 Å². The molecule has 0 unspecified atom stereocenters. The highest BCUT2D eigenvalue weighted by atomic mass is 16.3. The fourth-order valence-corrected chi connectivity index (χ4v) is 13.9. The van der Waals surface area contributed by atoms with Crippen LogP contribution >= 0.6 is 0 Å². The van der Waals surface area contributed by atoms with Gasteiger partial charge in [-0.15, -0.1) is 38.2 Å². The Hall–Kier alpha value is -4.37. The van der Waals surface area contributed by atoms with Gasteiger partial charge in [0.25, 0.3) is 0 Å². The Balaban J connectivity index is 1.57. The summed E-state index contributed by atoms with van der Waals surface area (Å²) < 4.78 is 12.9. The van der Waals surface area contributed by atoms with Gasteiger partial charge in [-0.1, -0.05) is 104 Å². The van der Waals surface area contributed by atoms with Crippen molar-refractivity contribution in [1.29, 1.82) is 0 Å². The molecule has 0 bridgehead atoms. The number of hydrogen-bond acceptors (Lipinski definition) is 1. The van der Waals surface area contributed by atoms with Crippen molar-refractivity contribution in [3.63, 3.8) is 0 Å². The zero-order valence-electron chi connectivity index (χ0n) is 48.3. The highest BCUT2D eigenvalue weighted by Gasteiger charge is 2.33. The van der Waals surface area contributed by atoms with Gasteiger partial charge in [0.05, 0.1) is 11.1 Å². The van der Waals surface area contributed by atoms with Crippen LogP contribution in [0.4, 0.5) is 0 Å². The van der Waals surface area contributed by atoms with Crippen LogP contribution in [0.15, 0.2) is 4.42 Å². The van der Waals surface area contributed by atoms with Crippen LogP contribution in [-0.4, -0.2) is 213 Å². The van der Waals surface area contributed by atoms with E-state index in [-0.39, 0.29) is 0 Å². The first kappa shape index (κ1) is 50.2. The Morgan fingerprint density at radius 1 is 0.183 bits per heavy atom. The molecule has 0 N–H and O–H groups in total. The first-order valence-corrected chi connectivity index (χ1v) is 26.2. The fourth-order valence-electron chi connectivity index (χ4n) is 13.9. The molecule has 0 saturated heterocycles.